The van der Waals surface area contributed by atoms with E-state index in [2.05, 4.69) is 20.5 Å². The highest BCUT2D eigenvalue weighted by Crippen LogP contribution is 2.37. The fraction of sp³-hybridized carbons (Fsp3) is 0.158. The number of aromatic nitrogens is 3. The molecule has 0 spiro atoms. The maximum Gasteiger partial charge on any atom is 0.435 e. The van der Waals surface area contributed by atoms with Gasteiger partial charge in [0, 0.05) is 6.07 Å². The second-order valence-corrected chi connectivity index (χ2v) is 7.31. The van der Waals surface area contributed by atoms with Crippen LogP contribution in [-0.2, 0) is 6.18 Å². The van der Waals surface area contributed by atoms with Crippen LogP contribution in [0.3, 0.4) is 0 Å². The molecule has 0 aliphatic heterocycles. The van der Waals surface area contributed by atoms with E-state index in [9.17, 15) is 22.8 Å². The van der Waals surface area contributed by atoms with E-state index in [-0.39, 0.29) is 27.1 Å². The van der Waals surface area contributed by atoms with Gasteiger partial charge in [-0.25, -0.2) is 4.98 Å². The highest BCUT2D eigenvalue weighted by atomic mass is 32.1. The van der Waals surface area contributed by atoms with E-state index >= 15 is 0 Å². The Morgan fingerprint density at radius 1 is 1.24 bits per heavy atom. The van der Waals surface area contributed by atoms with Crippen LogP contribution in [0.2, 0.25) is 0 Å². The van der Waals surface area contributed by atoms with Gasteiger partial charge in [-0.05, 0) is 24.6 Å². The first kappa shape index (κ1) is 23.4. The molecule has 0 fully saturated rings. The van der Waals surface area contributed by atoms with Gasteiger partial charge in [0.2, 0.25) is 0 Å². The summed E-state index contributed by atoms with van der Waals surface area (Å²) < 4.78 is 50.9. The number of hydrogen-bond donors (Lipinski definition) is 2. The molecule has 0 saturated carbocycles. The SMILES string of the molecule is COc1cc(C#N)ccc1Oc1nnc(C(F)(F)F)c(C)c1C(=O)Nc1cnc(C(N)=O)s1. The summed E-state index contributed by atoms with van der Waals surface area (Å²) in [6.45, 7) is 1.04. The molecule has 0 aliphatic rings. The average Bonchev–Trinajstić information content (AvgIpc) is 3.22. The summed E-state index contributed by atoms with van der Waals surface area (Å²) in [5.74, 6) is -2.34. The van der Waals surface area contributed by atoms with Crippen LogP contribution < -0.4 is 20.5 Å². The molecule has 2 amide bonds. The number of amides is 2. The van der Waals surface area contributed by atoms with E-state index in [4.69, 9.17) is 20.5 Å². The van der Waals surface area contributed by atoms with Crippen molar-refractivity contribution < 1.29 is 32.2 Å². The van der Waals surface area contributed by atoms with Crippen molar-refractivity contribution in [2.75, 3.05) is 12.4 Å². The van der Waals surface area contributed by atoms with Gasteiger partial charge in [-0.2, -0.15) is 18.4 Å². The van der Waals surface area contributed by atoms with Crippen molar-refractivity contribution in [1.29, 1.82) is 5.26 Å². The third-order valence-electron chi connectivity index (χ3n) is 4.13. The number of halogens is 3. The molecule has 0 atom stereocenters. The minimum absolute atomic E-state index is 0.0205. The van der Waals surface area contributed by atoms with E-state index < -0.39 is 40.7 Å². The minimum Gasteiger partial charge on any atom is -0.493 e. The van der Waals surface area contributed by atoms with Gasteiger partial charge in [0.25, 0.3) is 17.7 Å². The summed E-state index contributed by atoms with van der Waals surface area (Å²) in [5, 5.41) is 17.9. The van der Waals surface area contributed by atoms with Crippen molar-refractivity contribution in [2.45, 2.75) is 13.1 Å². The van der Waals surface area contributed by atoms with Crippen LogP contribution in [0.15, 0.2) is 24.4 Å². The number of hydrogen-bond acceptors (Lipinski definition) is 9. The molecule has 14 heteroatoms. The molecule has 3 N–H and O–H groups in total. The molecule has 0 radical (unpaired) electrons. The van der Waals surface area contributed by atoms with Gasteiger partial charge in [0.15, 0.2) is 22.2 Å². The number of carbonyl (C=O) groups excluding carboxylic acids is 2. The van der Waals surface area contributed by atoms with Crippen LogP contribution in [0.5, 0.6) is 17.4 Å². The van der Waals surface area contributed by atoms with Crippen LogP contribution in [0, 0.1) is 18.3 Å². The van der Waals surface area contributed by atoms with Crippen molar-refractivity contribution in [2.24, 2.45) is 5.73 Å². The smallest absolute Gasteiger partial charge is 0.435 e. The minimum atomic E-state index is -4.89. The lowest BCUT2D eigenvalue weighted by atomic mass is 10.1. The first-order chi connectivity index (χ1) is 15.5. The molecule has 170 valence electrons. The molecule has 10 nitrogen and oxygen atoms in total. The highest BCUT2D eigenvalue weighted by Gasteiger charge is 2.38. The molecule has 0 saturated heterocycles. The topological polar surface area (TPSA) is 153 Å². The zero-order valence-corrected chi connectivity index (χ0v) is 17.7. The highest BCUT2D eigenvalue weighted by molar-refractivity contribution is 7.17. The molecule has 0 unspecified atom stereocenters. The number of thiazole rings is 1. The van der Waals surface area contributed by atoms with E-state index in [0.29, 0.717) is 0 Å². The van der Waals surface area contributed by atoms with Crippen LogP contribution in [-0.4, -0.2) is 34.1 Å². The number of nitriles is 1. The molecular formula is C19H13F3N6O4S. The Kier molecular flexibility index (Phi) is 6.45. The van der Waals surface area contributed by atoms with Crippen molar-refractivity contribution >= 4 is 28.2 Å². The lowest BCUT2D eigenvalue weighted by molar-refractivity contribution is -0.142. The normalized spacial score (nSPS) is 10.9. The fourth-order valence-corrected chi connectivity index (χ4v) is 3.32. The van der Waals surface area contributed by atoms with E-state index in [1.807, 2.05) is 6.07 Å². The maximum atomic E-state index is 13.4. The zero-order valence-electron chi connectivity index (χ0n) is 16.9. The number of anilines is 1. The molecule has 3 aromatic rings. The van der Waals surface area contributed by atoms with Gasteiger partial charge < -0.3 is 20.5 Å². The van der Waals surface area contributed by atoms with Crippen molar-refractivity contribution in [3.63, 3.8) is 0 Å². The zero-order chi connectivity index (χ0) is 24.3. The Morgan fingerprint density at radius 2 is 1.97 bits per heavy atom. The standard InChI is InChI=1S/C19H13F3N6O4S/c1-8-13(16(30)26-12-7-25-18(33-12)15(24)29)17(28-27-14(8)19(20,21)22)32-10-4-3-9(6-23)5-11(10)31-2/h3-5,7H,1-2H3,(H2,24,29)(H,26,30). The number of ether oxygens (including phenoxy) is 2. The number of methoxy groups -OCH3 is 1. The number of carbonyl (C=O) groups is 2. The van der Waals surface area contributed by atoms with Crippen LogP contribution in [0.4, 0.5) is 18.2 Å². The number of primary amides is 1. The summed E-state index contributed by atoms with van der Waals surface area (Å²) in [5.41, 5.74) is 2.88. The molecule has 33 heavy (non-hydrogen) atoms. The molecule has 0 bridgehead atoms. The number of alkyl halides is 3. The predicted octanol–water partition coefficient (Wildman–Crippen LogP) is 3.28. The number of nitrogens with two attached hydrogens (primary N) is 1. The van der Waals surface area contributed by atoms with E-state index in [1.54, 1.807) is 0 Å². The van der Waals surface area contributed by atoms with Crippen LogP contribution >= 0.6 is 11.3 Å². The Hall–Kier alpha value is -4.25. The fourth-order valence-electron chi connectivity index (χ4n) is 2.65. The molecular weight excluding hydrogens is 465 g/mol. The van der Waals surface area contributed by atoms with Crippen molar-refractivity contribution in [3.05, 3.63) is 51.8 Å². The Bertz CT molecular complexity index is 1290. The molecule has 2 heterocycles. The average molecular weight is 478 g/mol. The number of rotatable bonds is 6. The predicted molar refractivity (Wildman–Crippen MR) is 108 cm³/mol. The molecule has 0 aliphatic carbocycles. The van der Waals surface area contributed by atoms with Gasteiger partial charge in [-0.15, -0.1) is 10.2 Å². The van der Waals surface area contributed by atoms with Gasteiger partial charge in [0.1, 0.15) is 10.6 Å². The Morgan fingerprint density at radius 3 is 2.55 bits per heavy atom. The van der Waals surface area contributed by atoms with Crippen LogP contribution in [0.1, 0.15) is 37.0 Å². The van der Waals surface area contributed by atoms with E-state index in [0.717, 1.165) is 24.5 Å². The second-order valence-electron chi connectivity index (χ2n) is 6.28. The lowest BCUT2D eigenvalue weighted by Crippen LogP contribution is -2.20. The molecule has 1 aromatic carbocycles. The first-order valence-corrected chi connectivity index (χ1v) is 9.64. The van der Waals surface area contributed by atoms with Gasteiger partial charge in [0.05, 0.1) is 24.9 Å². The maximum absolute atomic E-state index is 13.4. The number of benzene rings is 1. The van der Waals surface area contributed by atoms with Crippen LogP contribution in [0.25, 0.3) is 0 Å². The lowest BCUT2D eigenvalue weighted by Gasteiger charge is -2.16. The van der Waals surface area contributed by atoms with E-state index in [1.165, 1.54) is 25.3 Å². The molecule has 3 rings (SSSR count). The summed E-state index contributed by atoms with van der Waals surface area (Å²) >= 11 is 0.732. The summed E-state index contributed by atoms with van der Waals surface area (Å²) in [7, 11) is 1.29. The third-order valence-corrected chi connectivity index (χ3v) is 5.06. The van der Waals surface area contributed by atoms with Crippen molar-refractivity contribution in [3.8, 4) is 23.4 Å². The summed E-state index contributed by atoms with van der Waals surface area (Å²) in [6, 6.07) is 5.95. The Labute approximate surface area is 187 Å². The van der Waals surface area contributed by atoms with Gasteiger partial charge >= 0.3 is 6.18 Å². The Balaban J connectivity index is 2.07. The van der Waals surface area contributed by atoms with Crippen molar-refractivity contribution in [1.82, 2.24) is 15.2 Å². The third kappa shape index (κ3) is 4.99. The number of nitrogens with zero attached hydrogens (tertiary/aromatic N) is 4. The van der Waals surface area contributed by atoms with Gasteiger partial charge in [-0.3, -0.25) is 9.59 Å². The largest absolute Gasteiger partial charge is 0.493 e. The molecule has 2 aromatic heterocycles. The second kappa shape index (κ2) is 9.09. The first-order valence-electron chi connectivity index (χ1n) is 8.82. The summed E-state index contributed by atoms with van der Waals surface area (Å²) in [4.78, 5) is 27.8. The monoisotopic (exact) mass is 478 g/mol. The summed E-state index contributed by atoms with van der Waals surface area (Å²) in [6.07, 6.45) is -3.76. The number of nitrogens with one attached hydrogen (secondary N) is 1. The van der Waals surface area contributed by atoms with Gasteiger partial charge in [-0.1, -0.05) is 11.3 Å². The quantitative estimate of drug-likeness (QED) is 0.547.